The van der Waals surface area contributed by atoms with Crippen LogP contribution < -0.4 is 10.1 Å². The van der Waals surface area contributed by atoms with Gasteiger partial charge in [0.1, 0.15) is 0 Å². The van der Waals surface area contributed by atoms with Crippen LogP contribution in [0.5, 0.6) is 11.8 Å². The van der Waals surface area contributed by atoms with E-state index in [1.165, 1.54) is 24.5 Å². The molecule has 0 radical (unpaired) electrons. The number of rotatable bonds is 4. The van der Waals surface area contributed by atoms with Gasteiger partial charge < -0.3 is 10.1 Å². The topological polar surface area (TPSA) is 64.1 Å². The largest absolute Gasteiger partial charge is 0.421 e. The first kappa shape index (κ1) is 18.5. The highest BCUT2D eigenvalue weighted by Crippen LogP contribution is 2.23. The smallest absolute Gasteiger partial charge is 0.322 e. The van der Waals surface area contributed by atoms with Crippen LogP contribution >= 0.6 is 0 Å². The summed E-state index contributed by atoms with van der Waals surface area (Å²) < 4.78 is 18.9. The highest BCUT2D eigenvalue weighted by molar-refractivity contribution is 6.04. The lowest BCUT2D eigenvalue weighted by molar-refractivity contribution is 0.102. The minimum Gasteiger partial charge on any atom is -0.421 e. The predicted molar refractivity (Wildman–Crippen MR) is 102 cm³/mol. The van der Waals surface area contributed by atoms with Crippen LogP contribution in [0.15, 0.2) is 60.9 Å². The number of aromatic nitrogens is 2. The lowest BCUT2D eigenvalue weighted by Gasteiger charge is -2.19. The van der Waals surface area contributed by atoms with Gasteiger partial charge >= 0.3 is 6.01 Å². The Balaban J connectivity index is 1.66. The van der Waals surface area contributed by atoms with Gasteiger partial charge in [-0.3, -0.25) is 4.79 Å². The summed E-state index contributed by atoms with van der Waals surface area (Å²) in [6.07, 6.45) is 2.81. The molecule has 3 rings (SSSR count). The Morgan fingerprint density at radius 2 is 1.63 bits per heavy atom. The highest BCUT2D eigenvalue weighted by atomic mass is 19.1. The Morgan fingerprint density at radius 3 is 2.22 bits per heavy atom. The van der Waals surface area contributed by atoms with Crippen LogP contribution in [0.1, 0.15) is 36.7 Å². The summed E-state index contributed by atoms with van der Waals surface area (Å²) in [5.74, 6) is -0.729. The number of nitrogens with zero attached hydrogens (tertiary/aromatic N) is 2. The van der Waals surface area contributed by atoms with Crippen molar-refractivity contribution in [2.24, 2.45) is 0 Å². The Kier molecular flexibility index (Phi) is 5.16. The van der Waals surface area contributed by atoms with Gasteiger partial charge in [-0.1, -0.05) is 45.0 Å². The average molecular weight is 365 g/mol. The summed E-state index contributed by atoms with van der Waals surface area (Å²) in [5, 5.41) is 2.73. The molecule has 1 N–H and O–H groups in total. The number of nitrogens with one attached hydrogen (secondary N) is 1. The maximum absolute atomic E-state index is 13.6. The van der Waals surface area contributed by atoms with Gasteiger partial charge in [-0.25, -0.2) is 14.4 Å². The molecule has 0 aliphatic rings. The summed E-state index contributed by atoms with van der Waals surface area (Å²) in [7, 11) is 0. The zero-order chi connectivity index (χ0) is 19.4. The van der Waals surface area contributed by atoms with Crippen LogP contribution in [0.3, 0.4) is 0 Å². The Hall–Kier alpha value is -3.28. The molecule has 0 fully saturated rings. The SMILES string of the molecule is CC(C)(C)c1ccc(C(=O)Nc2cnc(Oc3ccccc3F)nc2)cc1. The molecule has 0 spiro atoms. The third-order valence-corrected chi connectivity index (χ3v) is 3.94. The molecule has 1 amide bonds. The number of carbonyl (C=O) groups excluding carboxylic acids is 1. The first-order chi connectivity index (χ1) is 12.8. The summed E-state index contributed by atoms with van der Waals surface area (Å²) in [4.78, 5) is 20.3. The van der Waals surface area contributed by atoms with Gasteiger partial charge in [0.25, 0.3) is 5.91 Å². The monoisotopic (exact) mass is 365 g/mol. The van der Waals surface area contributed by atoms with Crippen molar-refractivity contribution in [3.63, 3.8) is 0 Å². The van der Waals surface area contributed by atoms with E-state index in [0.717, 1.165) is 5.56 Å². The van der Waals surface area contributed by atoms with Crippen molar-refractivity contribution >= 4 is 11.6 Å². The molecule has 0 aliphatic carbocycles. The quantitative estimate of drug-likeness (QED) is 0.710. The van der Waals surface area contributed by atoms with E-state index >= 15 is 0 Å². The molecule has 0 unspecified atom stereocenters. The van der Waals surface area contributed by atoms with Crippen LogP contribution in [0.2, 0.25) is 0 Å². The minimum absolute atomic E-state index is 0.00682. The Labute approximate surface area is 157 Å². The van der Waals surface area contributed by atoms with E-state index < -0.39 is 5.82 Å². The zero-order valence-electron chi connectivity index (χ0n) is 15.4. The number of ether oxygens (including phenoxy) is 1. The van der Waals surface area contributed by atoms with Gasteiger partial charge in [0.2, 0.25) is 0 Å². The maximum Gasteiger partial charge on any atom is 0.322 e. The van der Waals surface area contributed by atoms with E-state index in [1.54, 1.807) is 24.3 Å². The molecule has 1 heterocycles. The van der Waals surface area contributed by atoms with Crippen LogP contribution in [-0.4, -0.2) is 15.9 Å². The molecule has 0 aliphatic heterocycles. The zero-order valence-corrected chi connectivity index (χ0v) is 15.4. The highest BCUT2D eigenvalue weighted by Gasteiger charge is 2.14. The van der Waals surface area contributed by atoms with Crippen LogP contribution in [0.25, 0.3) is 0 Å². The molecule has 1 aromatic heterocycles. The molecule has 138 valence electrons. The molecule has 2 aromatic carbocycles. The second-order valence-corrected chi connectivity index (χ2v) is 7.07. The van der Waals surface area contributed by atoms with Gasteiger partial charge in [-0.05, 0) is 35.2 Å². The third-order valence-electron chi connectivity index (χ3n) is 3.94. The van der Waals surface area contributed by atoms with E-state index in [1.807, 2.05) is 12.1 Å². The van der Waals surface area contributed by atoms with Gasteiger partial charge in [0, 0.05) is 5.56 Å². The fraction of sp³-hybridized carbons (Fsp3) is 0.190. The second-order valence-electron chi connectivity index (χ2n) is 7.07. The Bertz CT molecular complexity index is 933. The average Bonchev–Trinajstić information content (AvgIpc) is 2.64. The van der Waals surface area contributed by atoms with Gasteiger partial charge in [-0.15, -0.1) is 0 Å². The molecule has 0 atom stereocenters. The molecule has 3 aromatic rings. The van der Waals surface area contributed by atoms with Crippen LogP contribution in [-0.2, 0) is 5.41 Å². The van der Waals surface area contributed by atoms with Crippen molar-refractivity contribution in [1.29, 1.82) is 0 Å². The first-order valence-corrected chi connectivity index (χ1v) is 8.49. The fourth-order valence-electron chi connectivity index (χ4n) is 2.38. The number of hydrogen-bond acceptors (Lipinski definition) is 4. The van der Waals surface area contributed by atoms with E-state index in [9.17, 15) is 9.18 Å². The van der Waals surface area contributed by atoms with E-state index in [-0.39, 0.29) is 23.1 Å². The molecule has 27 heavy (non-hydrogen) atoms. The summed E-state index contributed by atoms with van der Waals surface area (Å²) in [6, 6.07) is 13.4. The van der Waals surface area contributed by atoms with E-state index in [2.05, 4.69) is 36.1 Å². The van der Waals surface area contributed by atoms with Gasteiger partial charge in [0.15, 0.2) is 11.6 Å². The number of hydrogen-bond donors (Lipinski definition) is 1. The van der Waals surface area contributed by atoms with E-state index in [4.69, 9.17) is 4.74 Å². The number of para-hydroxylation sites is 1. The Morgan fingerprint density at radius 1 is 1.00 bits per heavy atom. The number of carbonyl (C=O) groups is 1. The minimum atomic E-state index is -0.503. The lowest BCUT2D eigenvalue weighted by atomic mass is 9.87. The summed E-state index contributed by atoms with van der Waals surface area (Å²) in [5.41, 5.74) is 2.13. The molecular weight excluding hydrogens is 345 g/mol. The summed E-state index contributed by atoms with van der Waals surface area (Å²) in [6.45, 7) is 6.35. The number of amides is 1. The number of benzene rings is 2. The summed E-state index contributed by atoms with van der Waals surface area (Å²) >= 11 is 0. The fourth-order valence-corrected chi connectivity index (χ4v) is 2.38. The lowest BCUT2D eigenvalue weighted by Crippen LogP contribution is -2.14. The van der Waals surface area contributed by atoms with Crippen molar-refractivity contribution in [2.45, 2.75) is 26.2 Å². The van der Waals surface area contributed by atoms with Crippen molar-refractivity contribution in [3.05, 3.63) is 77.9 Å². The predicted octanol–water partition coefficient (Wildman–Crippen LogP) is 4.96. The third kappa shape index (κ3) is 4.67. The molecule has 5 nitrogen and oxygen atoms in total. The van der Waals surface area contributed by atoms with Crippen molar-refractivity contribution in [1.82, 2.24) is 9.97 Å². The molecule has 0 saturated carbocycles. The number of anilines is 1. The molecule has 0 bridgehead atoms. The van der Waals surface area contributed by atoms with Gasteiger partial charge in [-0.2, -0.15) is 0 Å². The molecular formula is C21H20FN3O2. The van der Waals surface area contributed by atoms with Crippen molar-refractivity contribution < 1.29 is 13.9 Å². The normalized spacial score (nSPS) is 11.1. The molecule has 6 heteroatoms. The van der Waals surface area contributed by atoms with Crippen LogP contribution in [0, 0.1) is 5.82 Å². The molecule has 0 saturated heterocycles. The van der Waals surface area contributed by atoms with Crippen molar-refractivity contribution in [2.75, 3.05) is 5.32 Å². The van der Waals surface area contributed by atoms with Crippen LogP contribution in [0.4, 0.5) is 10.1 Å². The second kappa shape index (κ2) is 7.53. The maximum atomic E-state index is 13.6. The number of halogens is 1. The van der Waals surface area contributed by atoms with Gasteiger partial charge in [0.05, 0.1) is 18.1 Å². The van der Waals surface area contributed by atoms with Crippen molar-refractivity contribution in [3.8, 4) is 11.8 Å². The van der Waals surface area contributed by atoms with E-state index in [0.29, 0.717) is 11.3 Å². The first-order valence-electron chi connectivity index (χ1n) is 8.49. The standard InChI is InChI=1S/C21H20FN3O2/c1-21(2,3)15-10-8-14(9-11-15)19(26)25-16-12-23-20(24-13-16)27-18-7-5-4-6-17(18)22/h4-13H,1-3H3,(H,25,26).